The van der Waals surface area contributed by atoms with E-state index in [4.69, 9.17) is 0 Å². The van der Waals surface area contributed by atoms with E-state index in [9.17, 15) is 4.79 Å². The number of amides is 1. The van der Waals surface area contributed by atoms with E-state index < -0.39 is 0 Å². The van der Waals surface area contributed by atoms with Gasteiger partial charge < -0.3 is 10.2 Å². The van der Waals surface area contributed by atoms with Gasteiger partial charge in [-0.2, -0.15) is 15.0 Å². The Balaban J connectivity index is 1.89. The van der Waals surface area contributed by atoms with Gasteiger partial charge in [0.2, 0.25) is 0 Å². The molecule has 104 valence electrons. The first kappa shape index (κ1) is 12.7. The van der Waals surface area contributed by atoms with Crippen molar-refractivity contribution in [2.24, 2.45) is 0 Å². The highest BCUT2D eigenvalue weighted by Crippen LogP contribution is 2.23. The van der Waals surface area contributed by atoms with E-state index in [1.807, 2.05) is 31.2 Å². The van der Waals surface area contributed by atoms with Crippen LogP contribution in [0.4, 0.5) is 5.69 Å². The first-order valence-electron chi connectivity index (χ1n) is 6.79. The third kappa shape index (κ3) is 2.36. The maximum Gasteiger partial charge on any atom is 0.253 e. The monoisotopic (exact) mass is 271 g/mol. The summed E-state index contributed by atoms with van der Waals surface area (Å²) in [7, 11) is 0. The molecule has 6 nitrogen and oxygen atoms in total. The van der Waals surface area contributed by atoms with Gasteiger partial charge in [-0.3, -0.25) is 4.79 Å². The molecule has 1 aromatic carbocycles. The molecule has 3 rings (SSSR count). The zero-order valence-corrected chi connectivity index (χ0v) is 11.4. The number of carbonyl (C=O) groups is 1. The van der Waals surface area contributed by atoms with Crippen molar-refractivity contribution in [3.8, 4) is 0 Å². The third-order valence-corrected chi connectivity index (χ3v) is 3.38. The Hall–Kier alpha value is -2.37. The number of aromatic nitrogens is 3. The van der Waals surface area contributed by atoms with Crippen LogP contribution in [0.25, 0.3) is 0 Å². The minimum absolute atomic E-state index is 0.0136. The molecule has 0 saturated carbocycles. The molecule has 0 spiro atoms. The molecule has 0 bridgehead atoms. The van der Waals surface area contributed by atoms with Crippen LogP contribution in [0.3, 0.4) is 0 Å². The summed E-state index contributed by atoms with van der Waals surface area (Å²) in [6.07, 6.45) is 1.78. The van der Waals surface area contributed by atoms with Crippen LogP contribution in [0, 0.1) is 0 Å². The van der Waals surface area contributed by atoms with Crippen molar-refractivity contribution in [3.63, 3.8) is 0 Å². The van der Waals surface area contributed by atoms with E-state index in [-0.39, 0.29) is 5.91 Å². The number of hydrogen-bond acceptors (Lipinski definition) is 4. The van der Waals surface area contributed by atoms with E-state index in [0.717, 1.165) is 24.5 Å². The second kappa shape index (κ2) is 5.32. The maximum atomic E-state index is 12.0. The van der Waals surface area contributed by atoms with Gasteiger partial charge in [0.15, 0.2) is 0 Å². The number of aryl methyl sites for hydroxylation is 1. The Morgan fingerprint density at radius 3 is 3.00 bits per heavy atom. The fraction of sp³-hybridized carbons (Fsp3) is 0.357. The van der Waals surface area contributed by atoms with Crippen LogP contribution in [-0.2, 0) is 13.1 Å². The number of rotatable bonds is 3. The molecule has 1 aliphatic rings. The third-order valence-electron chi connectivity index (χ3n) is 3.38. The number of anilines is 1. The molecule has 1 amide bonds. The first-order chi connectivity index (χ1) is 9.78. The summed E-state index contributed by atoms with van der Waals surface area (Å²) < 4.78 is 0. The summed E-state index contributed by atoms with van der Waals surface area (Å²) in [6.45, 7) is 4.83. The van der Waals surface area contributed by atoms with Gasteiger partial charge in [-0.1, -0.05) is 12.1 Å². The Morgan fingerprint density at radius 1 is 1.35 bits per heavy atom. The smallest absolute Gasteiger partial charge is 0.253 e. The molecule has 0 aliphatic carbocycles. The topological polar surface area (TPSA) is 63.1 Å². The van der Waals surface area contributed by atoms with Crippen LogP contribution < -0.4 is 10.2 Å². The van der Waals surface area contributed by atoms with Gasteiger partial charge in [0, 0.05) is 18.8 Å². The molecule has 2 aromatic rings. The van der Waals surface area contributed by atoms with Crippen molar-refractivity contribution in [2.45, 2.75) is 20.0 Å². The Labute approximate surface area is 117 Å². The quantitative estimate of drug-likeness (QED) is 0.906. The summed E-state index contributed by atoms with van der Waals surface area (Å²) >= 11 is 0. The van der Waals surface area contributed by atoms with E-state index in [1.165, 1.54) is 0 Å². The lowest BCUT2D eigenvalue weighted by Crippen LogP contribution is -2.29. The number of nitrogens with zero attached hydrogens (tertiary/aromatic N) is 4. The molecule has 0 saturated heterocycles. The van der Waals surface area contributed by atoms with Crippen LogP contribution in [0.15, 0.2) is 30.5 Å². The summed E-state index contributed by atoms with van der Waals surface area (Å²) in [5, 5.41) is 11.5. The molecule has 1 aliphatic heterocycles. The largest absolute Gasteiger partial charge is 0.363 e. The zero-order chi connectivity index (χ0) is 13.9. The van der Waals surface area contributed by atoms with E-state index in [2.05, 4.69) is 20.4 Å². The molecular formula is C14H17N5O. The van der Waals surface area contributed by atoms with Crippen LogP contribution >= 0.6 is 0 Å². The summed E-state index contributed by atoms with van der Waals surface area (Å²) in [4.78, 5) is 15.8. The van der Waals surface area contributed by atoms with Gasteiger partial charge in [-0.05, 0) is 19.1 Å². The predicted molar refractivity (Wildman–Crippen MR) is 75.5 cm³/mol. The fourth-order valence-corrected chi connectivity index (χ4v) is 2.38. The van der Waals surface area contributed by atoms with Gasteiger partial charge in [0.05, 0.1) is 24.8 Å². The van der Waals surface area contributed by atoms with Crippen molar-refractivity contribution in [3.05, 3.63) is 41.7 Å². The van der Waals surface area contributed by atoms with Crippen molar-refractivity contribution >= 4 is 11.6 Å². The van der Waals surface area contributed by atoms with Crippen molar-refractivity contribution in [2.75, 3.05) is 18.0 Å². The molecule has 20 heavy (non-hydrogen) atoms. The van der Waals surface area contributed by atoms with Crippen LogP contribution in [-0.4, -0.2) is 34.0 Å². The normalized spacial score (nSPS) is 14.7. The summed E-state index contributed by atoms with van der Waals surface area (Å²) in [5.41, 5.74) is 2.58. The fourth-order valence-electron chi connectivity index (χ4n) is 2.38. The molecule has 0 radical (unpaired) electrons. The molecule has 0 fully saturated rings. The average Bonchev–Trinajstić information content (AvgIpc) is 2.87. The highest BCUT2D eigenvalue weighted by molar-refractivity contribution is 6.00. The van der Waals surface area contributed by atoms with Gasteiger partial charge >= 0.3 is 0 Å². The van der Waals surface area contributed by atoms with Gasteiger partial charge in [-0.25, -0.2) is 0 Å². The standard InChI is InChI=1S/C14H17N5O/c1-2-19-16-9-11(17-19)10-18-8-7-15-14(20)12-5-3-4-6-13(12)18/h3-6,9H,2,7-8,10H2,1H3,(H,15,20). The molecule has 0 unspecified atom stereocenters. The number of nitrogens with one attached hydrogen (secondary N) is 1. The molecule has 6 heteroatoms. The highest BCUT2D eigenvalue weighted by Gasteiger charge is 2.20. The van der Waals surface area contributed by atoms with E-state index >= 15 is 0 Å². The highest BCUT2D eigenvalue weighted by atomic mass is 16.1. The number of fused-ring (bicyclic) bond motifs is 1. The predicted octanol–water partition coefficient (Wildman–Crippen LogP) is 1.05. The lowest BCUT2D eigenvalue weighted by Gasteiger charge is -2.22. The SMILES string of the molecule is CCn1ncc(CN2CCNC(=O)c3ccccc32)n1. The molecule has 0 atom stereocenters. The summed E-state index contributed by atoms with van der Waals surface area (Å²) in [5.74, 6) is -0.0136. The first-order valence-corrected chi connectivity index (χ1v) is 6.79. The zero-order valence-electron chi connectivity index (χ0n) is 11.4. The van der Waals surface area contributed by atoms with E-state index in [0.29, 0.717) is 18.7 Å². The minimum atomic E-state index is -0.0136. The Kier molecular flexibility index (Phi) is 3.37. The number of hydrogen-bond donors (Lipinski definition) is 1. The lowest BCUT2D eigenvalue weighted by atomic mass is 10.1. The molecule has 1 aromatic heterocycles. The van der Waals surface area contributed by atoms with Gasteiger partial charge in [0.1, 0.15) is 5.69 Å². The van der Waals surface area contributed by atoms with Crippen LogP contribution in [0.2, 0.25) is 0 Å². The van der Waals surface area contributed by atoms with Crippen molar-refractivity contribution in [1.82, 2.24) is 20.3 Å². The molecule has 2 heterocycles. The average molecular weight is 271 g/mol. The Bertz CT molecular complexity index is 622. The minimum Gasteiger partial charge on any atom is -0.363 e. The summed E-state index contributed by atoms with van der Waals surface area (Å²) in [6, 6.07) is 7.67. The van der Waals surface area contributed by atoms with Gasteiger partial charge in [0.25, 0.3) is 5.91 Å². The number of para-hydroxylation sites is 1. The maximum absolute atomic E-state index is 12.0. The second-order valence-electron chi connectivity index (χ2n) is 4.72. The molecule has 1 N–H and O–H groups in total. The molecular weight excluding hydrogens is 254 g/mol. The Morgan fingerprint density at radius 2 is 2.20 bits per heavy atom. The van der Waals surface area contributed by atoms with E-state index in [1.54, 1.807) is 11.0 Å². The van der Waals surface area contributed by atoms with Gasteiger partial charge in [-0.15, -0.1) is 0 Å². The second-order valence-corrected chi connectivity index (χ2v) is 4.72. The van der Waals surface area contributed by atoms with Crippen LogP contribution in [0.1, 0.15) is 23.0 Å². The van der Waals surface area contributed by atoms with Crippen molar-refractivity contribution < 1.29 is 4.79 Å². The van der Waals surface area contributed by atoms with Crippen molar-refractivity contribution in [1.29, 1.82) is 0 Å². The van der Waals surface area contributed by atoms with Crippen LogP contribution in [0.5, 0.6) is 0 Å². The number of benzene rings is 1. The lowest BCUT2D eigenvalue weighted by molar-refractivity contribution is 0.0958. The number of carbonyl (C=O) groups excluding carboxylic acids is 1.